The second-order valence-corrected chi connectivity index (χ2v) is 4.57. The summed E-state index contributed by atoms with van der Waals surface area (Å²) in [5, 5.41) is 13.6. The molecule has 0 aliphatic heterocycles. The van der Waals surface area contributed by atoms with Gasteiger partial charge in [-0.15, -0.1) is 0 Å². The van der Waals surface area contributed by atoms with Crippen molar-refractivity contribution >= 4 is 21.6 Å². The van der Waals surface area contributed by atoms with Crippen molar-refractivity contribution in [2.45, 2.75) is 5.03 Å². The maximum Gasteiger partial charge on any atom is 0.339 e. The molecule has 0 fully saturated rings. The zero-order valence-electron chi connectivity index (χ0n) is 7.86. The van der Waals surface area contributed by atoms with Gasteiger partial charge in [-0.2, -0.15) is 0 Å². The van der Waals surface area contributed by atoms with Gasteiger partial charge in [0.15, 0.2) is 10.7 Å². The topological polar surface area (TPSA) is 115 Å². The minimum atomic E-state index is -3.92. The predicted octanol–water partition coefficient (Wildman–Crippen LogP) is -0.320. The number of imidazole rings is 1. The van der Waals surface area contributed by atoms with E-state index >= 15 is 0 Å². The first-order valence-corrected chi connectivity index (χ1v) is 5.68. The number of carbonyl (C=O) groups is 1. The summed E-state index contributed by atoms with van der Waals surface area (Å²) in [6, 6.07) is 2.74. The fourth-order valence-corrected chi connectivity index (χ4v) is 1.99. The van der Waals surface area contributed by atoms with Gasteiger partial charge in [0.1, 0.15) is 5.56 Å². The molecule has 7 nitrogen and oxygen atoms in total. The van der Waals surface area contributed by atoms with Gasteiger partial charge in [-0.3, -0.25) is 4.40 Å². The number of primary sulfonamides is 1. The number of sulfonamides is 1. The summed E-state index contributed by atoms with van der Waals surface area (Å²) in [5.74, 6) is -1.18. The molecule has 0 atom stereocenters. The van der Waals surface area contributed by atoms with Crippen molar-refractivity contribution in [2.75, 3.05) is 0 Å². The Hall–Kier alpha value is -1.93. The second-order valence-electron chi connectivity index (χ2n) is 3.06. The maximum atomic E-state index is 11.2. The highest BCUT2D eigenvalue weighted by atomic mass is 32.2. The molecule has 0 spiro atoms. The van der Waals surface area contributed by atoms with Crippen molar-refractivity contribution in [3.8, 4) is 0 Å². The van der Waals surface area contributed by atoms with Crippen molar-refractivity contribution in [3.05, 3.63) is 30.1 Å². The van der Waals surface area contributed by atoms with Crippen LogP contribution in [-0.2, 0) is 10.0 Å². The van der Waals surface area contributed by atoms with E-state index in [1.54, 1.807) is 0 Å². The van der Waals surface area contributed by atoms with Crippen LogP contribution in [0.15, 0.2) is 29.6 Å². The van der Waals surface area contributed by atoms with Crippen LogP contribution in [-0.4, -0.2) is 28.9 Å². The van der Waals surface area contributed by atoms with Crippen LogP contribution in [0.4, 0.5) is 0 Å². The number of aromatic carboxylic acids is 1. The number of nitrogens with two attached hydrogens (primary N) is 1. The van der Waals surface area contributed by atoms with Crippen LogP contribution in [0.25, 0.3) is 5.65 Å². The molecule has 2 aromatic rings. The monoisotopic (exact) mass is 241 g/mol. The minimum absolute atomic E-state index is 0.0408. The lowest BCUT2D eigenvalue weighted by atomic mass is 10.3. The largest absolute Gasteiger partial charge is 0.478 e. The number of carboxylic acids is 1. The van der Waals surface area contributed by atoms with Crippen molar-refractivity contribution in [3.63, 3.8) is 0 Å². The van der Waals surface area contributed by atoms with Crippen LogP contribution >= 0.6 is 0 Å². The van der Waals surface area contributed by atoms with Gasteiger partial charge in [-0.25, -0.2) is 23.3 Å². The first-order valence-electron chi connectivity index (χ1n) is 4.13. The van der Waals surface area contributed by atoms with Crippen molar-refractivity contribution < 1.29 is 18.3 Å². The molecule has 0 aromatic carbocycles. The summed E-state index contributed by atoms with van der Waals surface area (Å²) in [6.45, 7) is 0. The molecule has 0 amide bonds. The Labute approximate surface area is 90.2 Å². The maximum absolute atomic E-state index is 11.2. The van der Waals surface area contributed by atoms with E-state index in [0.29, 0.717) is 0 Å². The highest BCUT2D eigenvalue weighted by molar-refractivity contribution is 7.89. The summed E-state index contributed by atoms with van der Waals surface area (Å²) in [5.41, 5.74) is -0.0450. The molecular weight excluding hydrogens is 234 g/mol. The number of pyridine rings is 1. The fourth-order valence-electron chi connectivity index (χ4n) is 1.37. The van der Waals surface area contributed by atoms with Crippen LogP contribution in [0.3, 0.4) is 0 Å². The number of hydrogen-bond acceptors (Lipinski definition) is 4. The molecule has 0 saturated carbocycles. The summed E-state index contributed by atoms with van der Waals surface area (Å²) in [6.07, 6.45) is 2.41. The molecule has 0 aliphatic carbocycles. The SMILES string of the molecule is NS(=O)(=O)c1cnc2c(C(=O)O)cccn12. The molecule has 2 rings (SSSR count). The van der Waals surface area contributed by atoms with Crippen molar-refractivity contribution in [1.29, 1.82) is 0 Å². The molecule has 3 N–H and O–H groups in total. The number of rotatable bonds is 2. The predicted molar refractivity (Wildman–Crippen MR) is 53.5 cm³/mol. The van der Waals surface area contributed by atoms with Crippen molar-refractivity contribution in [1.82, 2.24) is 9.38 Å². The zero-order valence-corrected chi connectivity index (χ0v) is 8.68. The molecule has 0 unspecified atom stereocenters. The van der Waals surface area contributed by atoms with Crippen LogP contribution in [0.2, 0.25) is 0 Å². The average Bonchev–Trinajstić information content (AvgIpc) is 2.59. The molecule has 0 bridgehead atoms. The molecule has 84 valence electrons. The Balaban J connectivity index is 2.87. The minimum Gasteiger partial charge on any atom is -0.478 e. The lowest BCUT2D eigenvalue weighted by molar-refractivity contribution is 0.0698. The third-order valence-electron chi connectivity index (χ3n) is 2.02. The van der Waals surface area contributed by atoms with E-state index < -0.39 is 16.0 Å². The fraction of sp³-hybridized carbons (Fsp3) is 0. The quantitative estimate of drug-likeness (QED) is 0.747. The molecule has 8 heteroatoms. The Morgan fingerprint density at radius 3 is 2.75 bits per heavy atom. The number of carboxylic acid groups (broad SMARTS) is 1. The van der Waals surface area contributed by atoms with Gasteiger partial charge in [-0.1, -0.05) is 0 Å². The Kier molecular flexibility index (Phi) is 2.17. The molecule has 0 radical (unpaired) electrons. The van der Waals surface area contributed by atoms with E-state index in [1.807, 2.05) is 0 Å². The van der Waals surface area contributed by atoms with Gasteiger partial charge < -0.3 is 5.11 Å². The van der Waals surface area contributed by atoms with Crippen LogP contribution in [0, 0.1) is 0 Å². The van der Waals surface area contributed by atoms with Crippen LogP contribution in [0.5, 0.6) is 0 Å². The number of aromatic nitrogens is 2. The highest BCUT2D eigenvalue weighted by Crippen LogP contribution is 2.14. The lowest BCUT2D eigenvalue weighted by Crippen LogP contribution is -2.14. The van der Waals surface area contributed by atoms with E-state index in [1.165, 1.54) is 18.3 Å². The first kappa shape index (κ1) is 10.6. The third kappa shape index (κ3) is 1.53. The van der Waals surface area contributed by atoms with Crippen LogP contribution in [0.1, 0.15) is 10.4 Å². The molecule has 16 heavy (non-hydrogen) atoms. The summed E-state index contributed by atoms with van der Waals surface area (Å²) < 4.78 is 23.4. The molecular formula is C8H7N3O4S. The summed E-state index contributed by atoms with van der Waals surface area (Å²) in [7, 11) is -3.92. The standard InChI is InChI=1S/C8H7N3O4S/c9-16(14,15)6-4-10-7-5(8(12)13)2-1-3-11(6)7/h1-4H,(H,12,13)(H2,9,14,15). The molecule has 0 aliphatic rings. The Morgan fingerprint density at radius 2 is 2.19 bits per heavy atom. The van der Waals surface area contributed by atoms with Gasteiger partial charge in [0.05, 0.1) is 6.20 Å². The van der Waals surface area contributed by atoms with Crippen molar-refractivity contribution in [2.24, 2.45) is 5.14 Å². The number of nitrogens with zero attached hydrogens (tertiary/aromatic N) is 2. The molecule has 2 heterocycles. The molecule has 2 aromatic heterocycles. The van der Waals surface area contributed by atoms with E-state index in [0.717, 1.165) is 10.6 Å². The van der Waals surface area contributed by atoms with Gasteiger partial charge in [0, 0.05) is 6.20 Å². The third-order valence-corrected chi connectivity index (χ3v) is 2.91. The van der Waals surface area contributed by atoms with E-state index in [4.69, 9.17) is 10.2 Å². The Bertz CT molecular complexity index is 674. The second kappa shape index (κ2) is 3.29. The smallest absolute Gasteiger partial charge is 0.339 e. The van der Waals surface area contributed by atoms with Gasteiger partial charge in [0.2, 0.25) is 0 Å². The zero-order chi connectivity index (χ0) is 11.9. The molecule has 0 saturated heterocycles. The first-order chi connectivity index (χ1) is 7.41. The van der Waals surface area contributed by atoms with Crippen LogP contribution < -0.4 is 5.14 Å². The summed E-state index contributed by atoms with van der Waals surface area (Å²) >= 11 is 0. The average molecular weight is 241 g/mol. The lowest BCUT2D eigenvalue weighted by Gasteiger charge is -2.00. The van der Waals surface area contributed by atoms with Gasteiger partial charge in [-0.05, 0) is 12.1 Å². The number of hydrogen-bond donors (Lipinski definition) is 2. The Morgan fingerprint density at radius 1 is 1.50 bits per heavy atom. The highest BCUT2D eigenvalue weighted by Gasteiger charge is 2.17. The van der Waals surface area contributed by atoms with E-state index in [9.17, 15) is 13.2 Å². The normalized spacial score (nSPS) is 11.8. The number of fused-ring (bicyclic) bond motifs is 1. The van der Waals surface area contributed by atoms with Gasteiger partial charge >= 0.3 is 5.97 Å². The van der Waals surface area contributed by atoms with E-state index in [2.05, 4.69) is 4.98 Å². The summed E-state index contributed by atoms with van der Waals surface area (Å²) in [4.78, 5) is 14.6. The van der Waals surface area contributed by atoms with E-state index in [-0.39, 0.29) is 16.2 Å². The van der Waals surface area contributed by atoms with Gasteiger partial charge in [0.25, 0.3) is 10.0 Å².